The molecule has 1 aromatic heterocycles. The Kier molecular flexibility index (Phi) is 3.66. The van der Waals surface area contributed by atoms with Crippen LogP contribution < -0.4 is 10.6 Å². The largest absolute Gasteiger partial charge is 0.320 e. The van der Waals surface area contributed by atoms with Crippen molar-refractivity contribution in [3.8, 4) is 11.1 Å². The second kappa shape index (κ2) is 5.61. The quantitative estimate of drug-likeness (QED) is 0.921. The van der Waals surface area contributed by atoms with E-state index in [0.717, 1.165) is 17.5 Å². The Bertz CT molecular complexity index is 660. The molecular weight excluding hydrogens is 269 g/mol. The van der Waals surface area contributed by atoms with Gasteiger partial charge < -0.3 is 10.6 Å². The summed E-state index contributed by atoms with van der Waals surface area (Å²) < 4.78 is 14.4. The van der Waals surface area contributed by atoms with Gasteiger partial charge in [0, 0.05) is 18.9 Å². The summed E-state index contributed by atoms with van der Waals surface area (Å²) in [7, 11) is 0. The number of pyridine rings is 1. The number of carbonyl (C=O) groups excluding carboxylic acids is 1. The Morgan fingerprint density at radius 2 is 1.95 bits per heavy atom. The van der Waals surface area contributed by atoms with Crippen LogP contribution in [0.1, 0.15) is 12.8 Å². The number of amides is 1. The third-order valence-corrected chi connectivity index (χ3v) is 3.73. The highest BCUT2D eigenvalue weighted by Crippen LogP contribution is 2.28. The maximum absolute atomic E-state index is 14.4. The van der Waals surface area contributed by atoms with Gasteiger partial charge >= 0.3 is 0 Å². The molecule has 0 saturated carbocycles. The molecular formula is C16H16FN3O. The van der Waals surface area contributed by atoms with Crippen molar-refractivity contribution < 1.29 is 9.18 Å². The van der Waals surface area contributed by atoms with Crippen molar-refractivity contribution >= 4 is 11.6 Å². The predicted molar refractivity (Wildman–Crippen MR) is 79.2 cm³/mol. The maximum atomic E-state index is 14.4. The SMILES string of the molecule is NC1CCCN(c2ccc(-c3ccncc3)cc2F)C1=O. The van der Waals surface area contributed by atoms with Crippen LogP contribution in [0.5, 0.6) is 0 Å². The van der Waals surface area contributed by atoms with Crippen molar-refractivity contribution in [2.24, 2.45) is 5.73 Å². The highest BCUT2D eigenvalue weighted by molar-refractivity contribution is 5.98. The second-order valence-corrected chi connectivity index (χ2v) is 5.14. The number of nitrogens with two attached hydrogens (primary N) is 1. The Hall–Kier alpha value is -2.27. The number of hydrogen-bond donors (Lipinski definition) is 1. The molecule has 0 radical (unpaired) electrons. The van der Waals surface area contributed by atoms with Gasteiger partial charge in [-0.25, -0.2) is 4.39 Å². The number of aromatic nitrogens is 1. The summed E-state index contributed by atoms with van der Waals surface area (Å²) in [6, 6.07) is 7.99. The lowest BCUT2D eigenvalue weighted by molar-refractivity contribution is -0.120. The van der Waals surface area contributed by atoms with Crippen LogP contribution in [0.2, 0.25) is 0 Å². The van der Waals surface area contributed by atoms with E-state index in [1.807, 2.05) is 12.1 Å². The molecule has 2 aromatic rings. The second-order valence-electron chi connectivity index (χ2n) is 5.14. The van der Waals surface area contributed by atoms with E-state index in [1.54, 1.807) is 24.5 Å². The molecule has 1 amide bonds. The van der Waals surface area contributed by atoms with Gasteiger partial charge in [0.2, 0.25) is 5.91 Å². The molecule has 3 rings (SSSR count). The van der Waals surface area contributed by atoms with E-state index in [0.29, 0.717) is 18.7 Å². The zero-order valence-electron chi connectivity index (χ0n) is 11.5. The Morgan fingerprint density at radius 1 is 1.19 bits per heavy atom. The molecule has 1 aliphatic rings. The van der Waals surface area contributed by atoms with E-state index >= 15 is 0 Å². The zero-order valence-corrected chi connectivity index (χ0v) is 11.5. The van der Waals surface area contributed by atoms with Crippen molar-refractivity contribution in [1.29, 1.82) is 0 Å². The first-order chi connectivity index (χ1) is 10.2. The number of anilines is 1. The monoisotopic (exact) mass is 285 g/mol. The van der Waals surface area contributed by atoms with E-state index in [1.165, 1.54) is 11.0 Å². The van der Waals surface area contributed by atoms with E-state index in [-0.39, 0.29) is 5.91 Å². The van der Waals surface area contributed by atoms with Gasteiger partial charge in [0.25, 0.3) is 0 Å². The summed E-state index contributed by atoms with van der Waals surface area (Å²) in [5.74, 6) is -0.622. The summed E-state index contributed by atoms with van der Waals surface area (Å²) in [6.07, 6.45) is 4.77. The van der Waals surface area contributed by atoms with E-state index in [9.17, 15) is 9.18 Å². The predicted octanol–water partition coefficient (Wildman–Crippen LogP) is 2.34. The van der Waals surface area contributed by atoms with Crippen molar-refractivity contribution in [1.82, 2.24) is 4.98 Å². The Labute approximate surface area is 122 Å². The number of rotatable bonds is 2. The normalized spacial score (nSPS) is 18.9. The molecule has 1 saturated heterocycles. The molecule has 0 aliphatic carbocycles. The van der Waals surface area contributed by atoms with Crippen LogP contribution >= 0.6 is 0 Å². The average Bonchev–Trinajstić information content (AvgIpc) is 2.51. The lowest BCUT2D eigenvalue weighted by Crippen LogP contribution is -2.48. The highest BCUT2D eigenvalue weighted by Gasteiger charge is 2.28. The van der Waals surface area contributed by atoms with E-state index < -0.39 is 11.9 Å². The molecule has 1 aromatic carbocycles. The number of hydrogen-bond acceptors (Lipinski definition) is 3. The van der Waals surface area contributed by atoms with Gasteiger partial charge in [-0.3, -0.25) is 9.78 Å². The first-order valence-corrected chi connectivity index (χ1v) is 6.94. The fraction of sp³-hybridized carbons (Fsp3) is 0.250. The number of carbonyl (C=O) groups is 1. The van der Waals surface area contributed by atoms with Crippen molar-refractivity contribution in [2.75, 3.05) is 11.4 Å². The minimum Gasteiger partial charge on any atom is -0.320 e. The molecule has 21 heavy (non-hydrogen) atoms. The van der Waals surface area contributed by atoms with Crippen LogP contribution in [0.3, 0.4) is 0 Å². The lowest BCUT2D eigenvalue weighted by Gasteiger charge is -2.30. The summed E-state index contributed by atoms with van der Waals surface area (Å²) in [5, 5.41) is 0. The Balaban J connectivity index is 1.93. The van der Waals surface area contributed by atoms with E-state index in [4.69, 9.17) is 5.73 Å². The van der Waals surface area contributed by atoms with Crippen molar-refractivity contribution in [2.45, 2.75) is 18.9 Å². The molecule has 1 fully saturated rings. The van der Waals surface area contributed by atoms with Gasteiger partial charge in [-0.05, 0) is 48.2 Å². The van der Waals surface area contributed by atoms with Crippen LogP contribution in [-0.4, -0.2) is 23.5 Å². The lowest BCUT2D eigenvalue weighted by atomic mass is 10.0. The van der Waals surface area contributed by atoms with Crippen LogP contribution in [-0.2, 0) is 4.79 Å². The maximum Gasteiger partial charge on any atom is 0.243 e. The van der Waals surface area contributed by atoms with Gasteiger partial charge in [0.1, 0.15) is 5.82 Å². The molecule has 2 N–H and O–H groups in total. The minimum absolute atomic E-state index is 0.211. The summed E-state index contributed by atoms with van der Waals surface area (Å²) >= 11 is 0. The number of halogens is 1. The first-order valence-electron chi connectivity index (χ1n) is 6.94. The third kappa shape index (κ3) is 2.64. The molecule has 5 heteroatoms. The molecule has 1 atom stereocenters. The summed E-state index contributed by atoms with van der Waals surface area (Å²) in [4.78, 5) is 17.4. The Morgan fingerprint density at radius 3 is 2.67 bits per heavy atom. The van der Waals surface area contributed by atoms with Crippen molar-refractivity contribution in [3.63, 3.8) is 0 Å². The zero-order chi connectivity index (χ0) is 14.8. The standard InChI is InChI=1S/C16H16FN3O/c17-13-10-12(11-5-7-19-8-6-11)3-4-15(13)20-9-1-2-14(18)16(20)21/h3-8,10,14H,1-2,9,18H2. The van der Waals surface area contributed by atoms with Crippen molar-refractivity contribution in [3.05, 3.63) is 48.5 Å². The van der Waals surface area contributed by atoms with Gasteiger partial charge in [0.15, 0.2) is 0 Å². The third-order valence-electron chi connectivity index (χ3n) is 3.73. The topological polar surface area (TPSA) is 59.2 Å². The van der Waals surface area contributed by atoms with Gasteiger partial charge in [0.05, 0.1) is 11.7 Å². The van der Waals surface area contributed by atoms with Crippen LogP contribution in [0.15, 0.2) is 42.7 Å². The molecule has 2 heterocycles. The molecule has 1 unspecified atom stereocenters. The molecule has 4 nitrogen and oxygen atoms in total. The van der Waals surface area contributed by atoms with Crippen LogP contribution in [0, 0.1) is 5.82 Å². The fourth-order valence-corrected chi connectivity index (χ4v) is 2.59. The fourth-order valence-electron chi connectivity index (χ4n) is 2.59. The molecule has 1 aliphatic heterocycles. The summed E-state index contributed by atoms with van der Waals surface area (Å²) in [6.45, 7) is 0.512. The first kappa shape index (κ1) is 13.7. The smallest absolute Gasteiger partial charge is 0.243 e. The van der Waals surface area contributed by atoms with Gasteiger partial charge in [-0.1, -0.05) is 6.07 Å². The summed E-state index contributed by atoms with van der Waals surface area (Å²) in [5.41, 5.74) is 7.70. The molecule has 0 spiro atoms. The number of benzene rings is 1. The minimum atomic E-state index is -0.530. The molecule has 0 bridgehead atoms. The van der Waals surface area contributed by atoms with Gasteiger partial charge in [-0.2, -0.15) is 0 Å². The van der Waals surface area contributed by atoms with E-state index in [2.05, 4.69) is 4.98 Å². The highest BCUT2D eigenvalue weighted by atomic mass is 19.1. The average molecular weight is 285 g/mol. The van der Waals surface area contributed by atoms with Crippen LogP contribution in [0.25, 0.3) is 11.1 Å². The van der Waals surface area contributed by atoms with Crippen LogP contribution in [0.4, 0.5) is 10.1 Å². The number of nitrogens with zero attached hydrogens (tertiary/aromatic N) is 2. The van der Waals surface area contributed by atoms with Gasteiger partial charge in [-0.15, -0.1) is 0 Å². The molecule has 108 valence electrons. The number of piperidine rings is 1.